The van der Waals surface area contributed by atoms with E-state index in [4.69, 9.17) is 10.5 Å². The van der Waals surface area contributed by atoms with Crippen molar-refractivity contribution in [3.63, 3.8) is 0 Å². The van der Waals surface area contributed by atoms with Gasteiger partial charge in [-0.05, 0) is 18.8 Å². The van der Waals surface area contributed by atoms with E-state index in [0.29, 0.717) is 6.42 Å². The van der Waals surface area contributed by atoms with Gasteiger partial charge in [0.1, 0.15) is 12.0 Å². The molecular weight excluding hydrogens is 230 g/mol. The third-order valence-electron chi connectivity index (χ3n) is 3.11. The molecule has 1 unspecified atom stereocenters. The Bertz CT molecular complexity index is 323. The number of hydrogen-bond donors (Lipinski definition) is 1. The first-order chi connectivity index (χ1) is 7.77. The molecule has 1 amide bonds. The van der Waals surface area contributed by atoms with Crippen LogP contribution in [0.4, 0.5) is 0 Å². The number of hydrogen-bond acceptors (Lipinski definition) is 3. The predicted octanol–water partition coefficient (Wildman–Crippen LogP) is 2.65. The largest absolute Gasteiger partial charge is 0.458 e. The fourth-order valence-corrected chi connectivity index (χ4v) is 1.90. The molecule has 0 aromatic heterocycles. The lowest BCUT2D eigenvalue weighted by molar-refractivity contribution is -0.175. The van der Waals surface area contributed by atoms with Crippen molar-refractivity contribution < 1.29 is 14.3 Å². The highest BCUT2D eigenvalue weighted by atomic mass is 16.6. The summed E-state index contributed by atoms with van der Waals surface area (Å²) in [7, 11) is 0. The Labute approximate surface area is 110 Å². The Balaban J connectivity index is 5.02. The molecule has 0 aliphatic rings. The van der Waals surface area contributed by atoms with Gasteiger partial charge in [-0.25, -0.2) is 0 Å². The molecule has 0 fully saturated rings. The summed E-state index contributed by atoms with van der Waals surface area (Å²) in [4.78, 5) is 22.4. The number of carbonyl (C=O) groups excluding carboxylic acids is 2. The molecule has 0 saturated carbocycles. The van der Waals surface area contributed by atoms with Crippen LogP contribution in [0.5, 0.6) is 0 Å². The average Bonchev–Trinajstić information content (AvgIpc) is 1.94. The molecule has 4 nitrogen and oxygen atoms in total. The van der Waals surface area contributed by atoms with Crippen LogP contribution in [-0.4, -0.2) is 17.5 Å². The van der Waals surface area contributed by atoms with Gasteiger partial charge in [-0.15, -0.1) is 0 Å². The molecule has 2 N–H and O–H groups in total. The van der Waals surface area contributed by atoms with E-state index in [-0.39, 0.29) is 17.3 Å². The van der Waals surface area contributed by atoms with E-state index in [1.807, 2.05) is 27.7 Å². The van der Waals surface area contributed by atoms with Gasteiger partial charge in [-0.1, -0.05) is 41.5 Å². The smallest absolute Gasteiger partial charge is 0.315 e. The van der Waals surface area contributed by atoms with Gasteiger partial charge in [-0.3, -0.25) is 9.59 Å². The molecule has 0 aliphatic carbocycles. The molecule has 0 bridgehead atoms. The molecule has 4 heteroatoms. The number of rotatable bonds is 4. The van der Waals surface area contributed by atoms with Gasteiger partial charge in [0.15, 0.2) is 0 Å². The Kier molecular flexibility index (Phi) is 4.98. The van der Waals surface area contributed by atoms with Crippen LogP contribution < -0.4 is 5.73 Å². The summed E-state index contributed by atoms with van der Waals surface area (Å²) in [6.45, 7) is 14.3. The topological polar surface area (TPSA) is 69.4 Å². The molecule has 0 aromatic rings. The second kappa shape index (κ2) is 5.29. The molecule has 1 atom stereocenters. The van der Waals surface area contributed by atoms with Crippen molar-refractivity contribution >= 4 is 11.9 Å². The molecule has 0 rings (SSSR count). The maximum Gasteiger partial charge on any atom is 0.315 e. The second-order valence-corrected chi connectivity index (χ2v) is 7.34. The maximum absolute atomic E-state index is 11.7. The van der Waals surface area contributed by atoms with Crippen LogP contribution in [0.2, 0.25) is 0 Å². The molecule has 0 radical (unpaired) electrons. The quantitative estimate of drug-likeness (QED) is 0.621. The van der Waals surface area contributed by atoms with Crippen LogP contribution in [0.3, 0.4) is 0 Å². The van der Waals surface area contributed by atoms with E-state index in [0.717, 1.165) is 0 Å². The number of esters is 1. The first-order valence-electron chi connectivity index (χ1n) is 6.27. The minimum Gasteiger partial charge on any atom is -0.458 e. The fourth-order valence-electron chi connectivity index (χ4n) is 1.90. The number of amides is 1. The van der Waals surface area contributed by atoms with Gasteiger partial charge in [0.2, 0.25) is 5.91 Å². The minimum atomic E-state index is -0.660. The predicted molar refractivity (Wildman–Crippen MR) is 71.8 cm³/mol. The summed E-state index contributed by atoms with van der Waals surface area (Å²) < 4.78 is 5.55. The Morgan fingerprint density at radius 1 is 1.00 bits per heavy atom. The molecule has 0 spiro atoms. The van der Waals surface area contributed by atoms with E-state index in [2.05, 4.69) is 20.8 Å². The average molecular weight is 257 g/mol. The first kappa shape index (κ1) is 16.9. The normalized spacial score (nSPS) is 15.9. The Hall–Kier alpha value is -1.06. The Morgan fingerprint density at radius 2 is 1.44 bits per heavy atom. The zero-order valence-electron chi connectivity index (χ0n) is 12.7. The summed E-state index contributed by atoms with van der Waals surface area (Å²) in [5, 5.41) is 0. The summed E-state index contributed by atoms with van der Waals surface area (Å²) >= 11 is 0. The van der Waals surface area contributed by atoms with Crippen molar-refractivity contribution in [2.45, 2.75) is 66.9 Å². The number of nitrogens with two attached hydrogens (primary N) is 1. The van der Waals surface area contributed by atoms with E-state index in [1.54, 1.807) is 0 Å². The summed E-state index contributed by atoms with van der Waals surface area (Å²) in [5.74, 6) is -1.21. The lowest BCUT2D eigenvalue weighted by Crippen LogP contribution is -2.47. The number of carbonyl (C=O) groups is 2. The van der Waals surface area contributed by atoms with E-state index in [1.165, 1.54) is 0 Å². The van der Waals surface area contributed by atoms with E-state index < -0.39 is 17.5 Å². The highest BCUT2D eigenvalue weighted by Crippen LogP contribution is 2.42. The van der Waals surface area contributed by atoms with Crippen molar-refractivity contribution in [1.29, 1.82) is 0 Å². The SMILES string of the molecule is CC(C)(C)CC(C)(OC(=O)CC(N)=O)C(C)(C)C. The third kappa shape index (κ3) is 5.52. The van der Waals surface area contributed by atoms with E-state index in [9.17, 15) is 9.59 Å². The highest BCUT2D eigenvalue weighted by Gasteiger charge is 2.43. The van der Waals surface area contributed by atoms with Crippen molar-refractivity contribution in [3.8, 4) is 0 Å². The third-order valence-corrected chi connectivity index (χ3v) is 3.11. The van der Waals surface area contributed by atoms with Gasteiger partial charge in [0.05, 0.1) is 0 Å². The zero-order valence-corrected chi connectivity index (χ0v) is 12.7. The number of primary amides is 1. The van der Waals surface area contributed by atoms with Gasteiger partial charge in [-0.2, -0.15) is 0 Å². The zero-order chi connectivity index (χ0) is 14.8. The Morgan fingerprint density at radius 3 is 1.72 bits per heavy atom. The second-order valence-electron chi connectivity index (χ2n) is 7.34. The van der Waals surface area contributed by atoms with Crippen LogP contribution in [0.25, 0.3) is 0 Å². The van der Waals surface area contributed by atoms with Crippen LogP contribution in [0.15, 0.2) is 0 Å². The van der Waals surface area contributed by atoms with Crippen LogP contribution in [0, 0.1) is 10.8 Å². The van der Waals surface area contributed by atoms with E-state index >= 15 is 0 Å². The maximum atomic E-state index is 11.7. The lowest BCUT2D eigenvalue weighted by Gasteiger charge is -2.44. The molecule has 18 heavy (non-hydrogen) atoms. The van der Waals surface area contributed by atoms with Crippen LogP contribution in [-0.2, 0) is 14.3 Å². The summed E-state index contributed by atoms with van der Waals surface area (Å²) in [6.07, 6.45) is 0.351. The molecular formula is C14H27NO3. The van der Waals surface area contributed by atoms with Gasteiger partial charge in [0.25, 0.3) is 0 Å². The summed E-state index contributed by atoms with van der Waals surface area (Å²) in [5.41, 5.74) is 4.19. The van der Waals surface area contributed by atoms with Crippen LogP contribution in [0.1, 0.15) is 61.3 Å². The lowest BCUT2D eigenvalue weighted by atomic mass is 9.69. The standard InChI is InChI=1S/C14H27NO3/c1-12(2,3)9-14(7,13(4,5)6)18-11(17)8-10(15)16/h8-9H2,1-7H3,(H2,15,16). The van der Waals surface area contributed by atoms with Gasteiger partial charge in [0, 0.05) is 5.41 Å². The van der Waals surface area contributed by atoms with Crippen molar-refractivity contribution in [2.24, 2.45) is 16.6 Å². The molecule has 106 valence electrons. The monoisotopic (exact) mass is 257 g/mol. The van der Waals surface area contributed by atoms with Crippen molar-refractivity contribution in [2.75, 3.05) is 0 Å². The minimum absolute atomic E-state index is 0.0229. The number of ether oxygens (including phenoxy) is 1. The molecule has 0 saturated heterocycles. The fraction of sp³-hybridized carbons (Fsp3) is 0.857. The highest BCUT2D eigenvalue weighted by molar-refractivity contribution is 5.93. The van der Waals surface area contributed by atoms with Crippen molar-refractivity contribution in [3.05, 3.63) is 0 Å². The molecule has 0 aromatic carbocycles. The van der Waals surface area contributed by atoms with Crippen molar-refractivity contribution in [1.82, 2.24) is 0 Å². The van der Waals surface area contributed by atoms with Crippen LogP contribution >= 0.6 is 0 Å². The van der Waals surface area contributed by atoms with Gasteiger partial charge < -0.3 is 10.5 Å². The summed E-state index contributed by atoms with van der Waals surface area (Å²) in [6, 6.07) is 0. The molecule has 0 heterocycles. The molecule has 0 aliphatic heterocycles. The first-order valence-corrected chi connectivity index (χ1v) is 6.27. The van der Waals surface area contributed by atoms with Gasteiger partial charge >= 0.3 is 5.97 Å².